The molecule has 0 aromatic heterocycles. The van der Waals surface area contributed by atoms with Gasteiger partial charge in [-0.15, -0.1) is 0 Å². The third-order valence-corrected chi connectivity index (χ3v) is 4.91. The van der Waals surface area contributed by atoms with E-state index in [1.54, 1.807) is 62.4 Å². The van der Waals surface area contributed by atoms with Crippen LogP contribution in [-0.2, 0) is 19.9 Å². The normalized spacial score (nSPS) is 20.3. The van der Waals surface area contributed by atoms with Crippen LogP contribution in [-0.4, -0.2) is 29.4 Å². The van der Waals surface area contributed by atoms with Crippen molar-refractivity contribution in [3.8, 4) is 0 Å². The van der Waals surface area contributed by atoms with Crippen molar-refractivity contribution >= 4 is 29.5 Å². The molecule has 140 valence electrons. The zero-order valence-corrected chi connectivity index (χ0v) is 15.7. The average molecular weight is 387 g/mol. The molecule has 27 heavy (non-hydrogen) atoms. The molecule has 6 nitrogen and oxygen atoms in total. The fourth-order valence-corrected chi connectivity index (χ4v) is 3.33. The Hall–Kier alpha value is -2.86. The fraction of sp³-hybridized carbons (Fsp3) is 0.250. The van der Waals surface area contributed by atoms with Gasteiger partial charge in [-0.2, -0.15) is 0 Å². The van der Waals surface area contributed by atoms with Gasteiger partial charge in [-0.3, -0.25) is 14.5 Å². The van der Waals surface area contributed by atoms with Crippen molar-refractivity contribution < 1.29 is 19.1 Å². The molecule has 1 aliphatic rings. The van der Waals surface area contributed by atoms with E-state index in [0.717, 1.165) is 4.90 Å². The Morgan fingerprint density at radius 1 is 1.15 bits per heavy atom. The summed E-state index contributed by atoms with van der Waals surface area (Å²) in [6.45, 7) is 2.82. The monoisotopic (exact) mass is 386 g/mol. The molecule has 2 aromatic rings. The van der Waals surface area contributed by atoms with Gasteiger partial charge in [0.1, 0.15) is 18.2 Å². The summed E-state index contributed by atoms with van der Waals surface area (Å²) in [5.41, 5.74) is 0.0787. The summed E-state index contributed by atoms with van der Waals surface area (Å²) in [7, 11) is 0. The van der Waals surface area contributed by atoms with Crippen LogP contribution < -0.4 is 5.32 Å². The molecule has 0 radical (unpaired) electrons. The summed E-state index contributed by atoms with van der Waals surface area (Å²) in [6.07, 6.45) is -0.604. The van der Waals surface area contributed by atoms with Crippen LogP contribution in [0.3, 0.4) is 0 Å². The summed E-state index contributed by atoms with van der Waals surface area (Å²) in [6, 6.07) is 15.3. The Kier molecular flexibility index (Phi) is 5.19. The predicted octanol–water partition coefficient (Wildman–Crippen LogP) is 3.41. The van der Waals surface area contributed by atoms with Gasteiger partial charge < -0.3 is 10.1 Å². The van der Waals surface area contributed by atoms with Gasteiger partial charge in [-0.1, -0.05) is 60.1 Å². The van der Waals surface area contributed by atoms with Gasteiger partial charge in [0.15, 0.2) is 0 Å². The SMILES string of the molecule is C[C@H](OC(=O)CN1C(=O)N[C@](C)(c2ccccc2)C1=O)c1ccccc1Cl. The van der Waals surface area contributed by atoms with E-state index in [4.69, 9.17) is 16.3 Å². The lowest BCUT2D eigenvalue weighted by Crippen LogP contribution is -2.41. The minimum Gasteiger partial charge on any atom is -0.456 e. The van der Waals surface area contributed by atoms with E-state index >= 15 is 0 Å². The van der Waals surface area contributed by atoms with Gasteiger partial charge >= 0.3 is 12.0 Å². The fourth-order valence-electron chi connectivity index (χ4n) is 3.04. The first-order valence-corrected chi connectivity index (χ1v) is 8.84. The molecule has 3 amide bonds. The molecule has 3 rings (SSSR count). The maximum Gasteiger partial charge on any atom is 0.326 e. The number of hydrogen-bond donors (Lipinski definition) is 1. The first kappa shape index (κ1) is 18.9. The lowest BCUT2D eigenvalue weighted by Gasteiger charge is -2.22. The highest BCUT2D eigenvalue weighted by atomic mass is 35.5. The highest BCUT2D eigenvalue weighted by Gasteiger charge is 2.49. The number of carbonyl (C=O) groups excluding carboxylic acids is 3. The highest BCUT2D eigenvalue weighted by Crippen LogP contribution is 2.29. The molecule has 1 heterocycles. The third kappa shape index (κ3) is 3.66. The molecule has 1 N–H and O–H groups in total. The van der Waals surface area contributed by atoms with Crippen molar-refractivity contribution in [2.45, 2.75) is 25.5 Å². The number of ether oxygens (including phenoxy) is 1. The van der Waals surface area contributed by atoms with Crippen LogP contribution in [0.4, 0.5) is 4.79 Å². The van der Waals surface area contributed by atoms with E-state index in [9.17, 15) is 14.4 Å². The second-order valence-corrected chi connectivity index (χ2v) is 6.87. The molecule has 2 atom stereocenters. The predicted molar refractivity (Wildman–Crippen MR) is 100.0 cm³/mol. The quantitative estimate of drug-likeness (QED) is 0.631. The van der Waals surface area contributed by atoms with Crippen LogP contribution in [0.2, 0.25) is 5.02 Å². The van der Waals surface area contributed by atoms with Crippen LogP contribution in [0, 0.1) is 0 Å². The Morgan fingerprint density at radius 3 is 2.44 bits per heavy atom. The van der Waals surface area contributed by atoms with Crippen molar-refractivity contribution in [1.82, 2.24) is 10.2 Å². The van der Waals surface area contributed by atoms with Crippen LogP contribution in [0.1, 0.15) is 31.1 Å². The Labute approximate surface area is 162 Å². The molecule has 0 saturated carbocycles. The van der Waals surface area contributed by atoms with Crippen molar-refractivity contribution in [3.63, 3.8) is 0 Å². The van der Waals surface area contributed by atoms with E-state index in [1.807, 2.05) is 6.07 Å². The highest BCUT2D eigenvalue weighted by molar-refractivity contribution is 6.31. The molecule has 1 fully saturated rings. The number of benzene rings is 2. The summed E-state index contributed by atoms with van der Waals surface area (Å²) in [4.78, 5) is 38.2. The maximum absolute atomic E-state index is 12.8. The molecule has 1 saturated heterocycles. The molecular weight excluding hydrogens is 368 g/mol. The number of halogens is 1. The molecule has 1 aliphatic heterocycles. The van der Waals surface area contributed by atoms with Crippen molar-refractivity contribution in [3.05, 3.63) is 70.7 Å². The molecule has 0 spiro atoms. The van der Waals surface area contributed by atoms with E-state index < -0.39 is 36.1 Å². The smallest absolute Gasteiger partial charge is 0.326 e. The lowest BCUT2D eigenvalue weighted by atomic mass is 9.92. The minimum absolute atomic E-state index is 0.470. The van der Waals surface area contributed by atoms with Crippen LogP contribution in [0.25, 0.3) is 0 Å². The van der Waals surface area contributed by atoms with Crippen LogP contribution in [0.5, 0.6) is 0 Å². The standard InChI is InChI=1S/C20H19ClN2O4/c1-13(15-10-6-7-11-16(15)21)27-17(24)12-23-18(25)20(2,22-19(23)26)14-8-4-3-5-9-14/h3-11,13H,12H2,1-2H3,(H,22,26)/t13-,20+/m0/s1. The zero-order valence-electron chi connectivity index (χ0n) is 14.9. The van der Waals surface area contributed by atoms with Crippen LogP contribution in [0.15, 0.2) is 54.6 Å². The van der Waals surface area contributed by atoms with Gasteiger partial charge in [-0.25, -0.2) is 4.79 Å². The largest absolute Gasteiger partial charge is 0.456 e. The number of esters is 1. The Bertz CT molecular complexity index is 887. The second-order valence-electron chi connectivity index (χ2n) is 6.47. The first-order valence-electron chi connectivity index (χ1n) is 8.46. The third-order valence-electron chi connectivity index (χ3n) is 4.56. The first-order chi connectivity index (χ1) is 12.8. The van der Waals surface area contributed by atoms with Gasteiger partial charge in [0.05, 0.1) is 0 Å². The number of nitrogens with one attached hydrogen (secondary N) is 1. The number of carbonyl (C=O) groups is 3. The molecule has 0 bridgehead atoms. The summed E-state index contributed by atoms with van der Waals surface area (Å²) in [5, 5.41) is 3.13. The van der Waals surface area contributed by atoms with Crippen LogP contribution >= 0.6 is 11.6 Å². The molecule has 7 heteroatoms. The van der Waals surface area contributed by atoms with Gasteiger partial charge in [0, 0.05) is 10.6 Å². The summed E-state index contributed by atoms with van der Waals surface area (Å²) >= 11 is 6.10. The maximum atomic E-state index is 12.8. The number of imide groups is 1. The Morgan fingerprint density at radius 2 is 1.78 bits per heavy atom. The van der Waals surface area contributed by atoms with Gasteiger partial charge in [0.2, 0.25) is 0 Å². The number of rotatable bonds is 5. The average Bonchev–Trinajstić information content (AvgIpc) is 2.87. The molecule has 0 aliphatic carbocycles. The molecule has 0 unspecified atom stereocenters. The van der Waals surface area contributed by atoms with Gasteiger partial charge in [0.25, 0.3) is 5.91 Å². The molecular formula is C20H19ClN2O4. The van der Waals surface area contributed by atoms with Crippen molar-refractivity contribution in [2.75, 3.05) is 6.54 Å². The molecule has 2 aromatic carbocycles. The van der Waals surface area contributed by atoms with E-state index in [-0.39, 0.29) is 0 Å². The number of hydrogen-bond acceptors (Lipinski definition) is 4. The number of amides is 3. The number of nitrogens with zero attached hydrogens (tertiary/aromatic N) is 1. The van der Waals surface area contributed by atoms with Gasteiger partial charge in [-0.05, 0) is 25.5 Å². The summed E-state index contributed by atoms with van der Waals surface area (Å²) in [5.74, 6) is -1.19. The van der Waals surface area contributed by atoms with E-state index in [0.29, 0.717) is 16.1 Å². The second kappa shape index (κ2) is 7.40. The zero-order chi connectivity index (χ0) is 19.6. The van der Waals surface area contributed by atoms with E-state index in [2.05, 4.69) is 5.32 Å². The summed E-state index contributed by atoms with van der Waals surface area (Å²) < 4.78 is 5.35. The van der Waals surface area contributed by atoms with Crippen molar-refractivity contribution in [2.24, 2.45) is 0 Å². The lowest BCUT2D eigenvalue weighted by molar-refractivity contribution is -0.152. The topological polar surface area (TPSA) is 75.7 Å². The van der Waals surface area contributed by atoms with E-state index in [1.165, 1.54) is 0 Å². The van der Waals surface area contributed by atoms with Crippen molar-refractivity contribution in [1.29, 1.82) is 0 Å². The number of urea groups is 1. The Balaban J connectivity index is 1.70. The minimum atomic E-state index is -1.22.